The van der Waals surface area contributed by atoms with Crippen LogP contribution in [0.1, 0.15) is 28.5 Å². The average molecular weight is 361 g/mol. The maximum absolute atomic E-state index is 13.4. The van der Waals surface area contributed by atoms with Gasteiger partial charge in [-0.3, -0.25) is 0 Å². The molecule has 1 unspecified atom stereocenters. The van der Waals surface area contributed by atoms with Gasteiger partial charge < -0.3 is 5.32 Å². The summed E-state index contributed by atoms with van der Waals surface area (Å²) in [6.45, 7) is 1.91. The average Bonchev–Trinajstić information content (AvgIpc) is 2.87. The van der Waals surface area contributed by atoms with E-state index >= 15 is 0 Å². The van der Waals surface area contributed by atoms with Gasteiger partial charge in [0.15, 0.2) is 0 Å². The Balaban J connectivity index is 1.89. The Kier molecular flexibility index (Phi) is 3.58. The summed E-state index contributed by atoms with van der Waals surface area (Å²) < 4.78 is 14.8. The molecule has 1 heterocycles. The van der Waals surface area contributed by atoms with E-state index < -0.39 is 0 Å². The van der Waals surface area contributed by atoms with Crippen LogP contribution < -0.4 is 5.32 Å². The molecule has 1 aliphatic carbocycles. The van der Waals surface area contributed by atoms with E-state index in [1.807, 2.05) is 13.0 Å². The molecule has 0 radical (unpaired) electrons. The number of rotatable bonds is 2. The maximum atomic E-state index is 13.4. The molecule has 1 nitrogen and oxygen atoms in total. The van der Waals surface area contributed by atoms with Crippen LogP contribution in [-0.4, -0.2) is 0 Å². The Hall–Kier alpha value is -0.580. The van der Waals surface area contributed by atoms with Crippen LogP contribution in [0.15, 0.2) is 22.7 Å². The Morgan fingerprint density at radius 3 is 3.00 bits per heavy atom. The normalized spacial score (nSPS) is 17.6. The van der Waals surface area contributed by atoms with E-state index in [0.29, 0.717) is 4.47 Å². The number of hydrogen-bond donors (Lipinski definition) is 1. The van der Waals surface area contributed by atoms with Crippen molar-refractivity contribution in [3.63, 3.8) is 0 Å². The molecule has 1 aromatic heterocycles. The molecule has 1 aliphatic rings. The number of halogens is 3. The lowest BCUT2D eigenvalue weighted by Crippen LogP contribution is -2.08. The molecule has 0 bridgehead atoms. The molecular weight excluding hydrogens is 349 g/mol. The van der Waals surface area contributed by atoms with Gasteiger partial charge in [0.25, 0.3) is 0 Å². The zero-order chi connectivity index (χ0) is 13.6. The monoisotopic (exact) mass is 359 g/mol. The van der Waals surface area contributed by atoms with Crippen LogP contribution in [0.5, 0.6) is 0 Å². The van der Waals surface area contributed by atoms with Gasteiger partial charge in [0.2, 0.25) is 0 Å². The van der Waals surface area contributed by atoms with E-state index in [1.165, 1.54) is 10.4 Å². The third kappa shape index (κ3) is 2.54. The Bertz CT molecular complexity index is 641. The van der Waals surface area contributed by atoms with E-state index in [4.69, 9.17) is 11.6 Å². The minimum Gasteiger partial charge on any atom is -0.378 e. The molecule has 0 spiro atoms. The second kappa shape index (κ2) is 5.08. The molecule has 0 fully saturated rings. The van der Waals surface area contributed by atoms with Gasteiger partial charge in [-0.2, -0.15) is 0 Å². The van der Waals surface area contributed by atoms with E-state index in [1.54, 1.807) is 23.5 Å². The van der Waals surface area contributed by atoms with Crippen molar-refractivity contribution >= 4 is 44.6 Å². The van der Waals surface area contributed by atoms with Gasteiger partial charge in [-0.25, -0.2) is 4.39 Å². The highest BCUT2D eigenvalue weighted by molar-refractivity contribution is 9.10. The summed E-state index contributed by atoms with van der Waals surface area (Å²) in [5, 5.41) is 3.50. The lowest BCUT2D eigenvalue weighted by atomic mass is 10.1. The molecule has 0 aliphatic heterocycles. The summed E-state index contributed by atoms with van der Waals surface area (Å²) in [5.41, 5.74) is 3.17. The van der Waals surface area contributed by atoms with Crippen molar-refractivity contribution in [2.24, 2.45) is 0 Å². The van der Waals surface area contributed by atoms with Crippen molar-refractivity contribution in [3.05, 3.63) is 48.8 Å². The van der Waals surface area contributed by atoms with Crippen LogP contribution in [-0.2, 0) is 6.42 Å². The highest BCUT2D eigenvalue weighted by Gasteiger charge is 2.25. The predicted octanol–water partition coefficient (Wildman–Crippen LogP) is 5.71. The smallest absolute Gasteiger partial charge is 0.137 e. The summed E-state index contributed by atoms with van der Waals surface area (Å²) in [6, 6.07) is 5.66. The number of aryl methyl sites for hydroxylation is 2. The molecule has 1 N–H and O–H groups in total. The number of fused-ring (bicyclic) bond motifs is 1. The van der Waals surface area contributed by atoms with Crippen molar-refractivity contribution in [2.45, 2.75) is 25.8 Å². The third-order valence-corrected chi connectivity index (χ3v) is 5.39. The number of thiophene rings is 1. The van der Waals surface area contributed by atoms with Crippen LogP contribution in [0.2, 0.25) is 4.34 Å². The van der Waals surface area contributed by atoms with Crippen molar-refractivity contribution < 1.29 is 4.39 Å². The van der Waals surface area contributed by atoms with E-state index in [-0.39, 0.29) is 11.9 Å². The zero-order valence-electron chi connectivity index (χ0n) is 10.3. The number of anilines is 1. The minimum absolute atomic E-state index is 0.228. The third-order valence-electron chi connectivity index (χ3n) is 3.44. The highest BCUT2D eigenvalue weighted by atomic mass is 79.9. The molecule has 1 aromatic carbocycles. The molecule has 0 amide bonds. The van der Waals surface area contributed by atoms with Crippen LogP contribution in [0, 0.1) is 12.7 Å². The zero-order valence-corrected chi connectivity index (χ0v) is 13.4. The first-order chi connectivity index (χ1) is 9.04. The fraction of sp³-hybridized carbons (Fsp3) is 0.286. The summed E-state index contributed by atoms with van der Waals surface area (Å²) in [4.78, 5) is 1.36. The molecule has 1 atom stereocenters. The van der Waals surface area contributed by atoms with Crippen molar-refractivity contribution in [3.8, 4) is 0 Å². The first-order valence-electron chi connectivity index (χ1n) is 6.05. The lowest BCUT2D eigenvalue weighted by Gasteiger charge is -2.17. The first-order valence-corrected chi connectivity index (χ1v) is 8.03. The molecule has 5 heteroatoms. The number of hydrogen-bond acceptors (Lipinski definition) is 2. The van der Waals surface area contributed by atoms with Crippen LogP contribution in [0.4, 0.5) is 10.1 Å². The van der Waals surface area contributed by atoms with Crippen molar-refractivity contribution in [1.29, 1.82) is 0 Å². The molecule has 2 aromatic rings. The van der Waals surface area contributed by atoms with Crippen LogP contribution >= 0.6 is 38.9 Å². The molecule has 0 saturated carbocycles. The predicted molar refractivity (Wildman–Crippen MR) is 82.9 cm³/mol. The van der Waals surface area contributed by atoms with Gasteiger partial charge >= 0.3 is 0 Å². The van der Waals surface area contributed by atoms with Gasteiger partial charge in [-0.1, -0.05) is 11.6 Å². The molecule has 3 rings (SSSR count). The summed E-state index contributed by atoms with van der Waals surface area (Å²) in [5.74, 6) is -0.228. The molecule has 0 saturated heterocycles. The maximum Gasteiger partial charge on any atom is 0.137 e. The number of nitrogens with one attached hydrogen (secondary N) is 1. The van der Waals surface area contributed by atoms with E-state index in [9.17, 15) is 4.39 Å². The SMILES string of the molecule is Cc1cc(F)c(Br)cc1NC1CCc2sc(Cl)cc21. The fourth-order valence-electron chi connectivity index (χ4n) is 2.47. The van der Waals surface area contributed by atoms with E-state index in [0.717, 1.165) is 28.4 Å². The van der Waals surface area contributed by atoms with Gasteiger partial charge in [-0.05, 0) is 65.0 Å². The Morgan fingerprint density at radius 1 is 1.42 bits per heavy atom. The first kappa shape index (κ1) is 13.4. The molecule has 100 valence electrons. The summed E-state index contributed by atoms with van der Waals surface area (Å²) in [7, 11) is 0. The lowest BCUT2D eigenvalue weighted by molar-refractivity contribution is 0.620. The largest absolute Gasteiger partial charge is 0.378 e. The molecule has 19 heavy (non-hydrogen) atoms. The van der Waals surface area contributed by atoms with Crippen molar-refractivity contribution in [2.75, 3.05) is 5.32 Å². The van der Waals surface area contributed by atoms with Crippen LogP contribution in [0.3, 0.4) is 0 Å². The molecular formula is C14H12BrClFNS. The quantitative estimate of drug-likeness (QED) is 0.723. The highest BCUT2D eigenvalue weighted by Crippen LogP contribution is 2.41. The minimum atomic E-state index is -0.228. The summed E-state index contributed by atoms with van der Waals surface area (Å²) >= 11 is 10.9. The topological polar surface area (TPSA) is 12.0 Å². The van der Waals surface area contributed by atoms with Crippen LogP contribution in [0.25, 0.3) is 0 Å². The van der Waals surface area contributed by atoms with Gasteiger partial charge in [0.05, 0.1) is 14.9 Å². The van der Waals surface area contributed by atoms with E-state index in [2.05, 4.69) is 21.2 Å². The second-order valence-corrected chi connectivity index (χ2v) is 7.37. The van der Waals surface area contributed by atoms with Gasteiger partial charge in [0, 0.05) is 10.6 Å². The number of benzene rings is 1. The van der Waals surface area contributed by atoms with Crippen molar-refractivity contribution in [1.82, 2.24) is 0 Å². The Labute approximate surface area is 128 Å². The van der Waals surface area contributed by atoms with Gasteiger partial charge in [-0.15, -0.1) is 11.3 Å². The summed E-state index contributed by atoms with van der Waals surface area (Å²) in [6.07, 6.45) is 2.12. The van der Waals surface area contributed by atoms with Gasteiger partial charge in [0.1, 0.15) is 5.82 Å². The second-order valence-electron chi connectivity index (χ2n) is 4.75. The fourth-order valence-corrected chi connectivity index (χ4v) is 4.17. The standard InChI is InChI=1S/C14H12BrClFNS/c1-7-4-10(17)9(15)6-12(7)18-11-2-3-13-8(11)5-14(16)19-13/h4-6,11,18H,2-3H2,1H3. The Morgan fingerprint density at radius 2 is 2.21 bits per heavy atom.